The highest BCUT2D eigenvalue weighted by Crippen LogP contribution is 2.25. The first-order valence-corrected chi connectivity index (χ1v) is 8.22. The molecule has 0 saturated heterocycles. The normalized spacial score (nSPS) is 9.79. The standard InChI is InChI=1S/C16H13ClN4O.C2H6/c17-9-15(22)20-12-6-7-13-14(8-12)18-10-19-16(13)21-11-4-2-1-3-5-11;1-2/h1-8,10H,9H2,(H,20,22)(H,18,19,21);1-2H3. The number of para-hydroxylation sites is 1. The van der Waals surface area contributed by atoms with Crippen LogP contribution in [0, 0.1) is 0 Å². The molecule has 3 aromatic rings. The molecule has 1 amide bonds. The van der Waals surface area contributed by atoms with Crippen LogP contribution in [0.3, 0.4) is 0 Å². The highest BCUT2D eigenvalue weighted by molar-refractivity contribution is 6.29. The Hall–Kier alpha value is -2.66. The number of nitrogens with one attached hydrogen (secondary N) is 2. The summed E-state index contributed by atoms with van der Waals surface area (Å²) in [6, 6.07) is 15.2. The van der Waals surface area contributed by atoms with Crippen molar-refractivity contribution in [2.45, 2.75) is 13.8 Å². The molecule has 2 N–H and O–H groups in total. The Morgan fingerprint density at radius 2 is 1.79 bits per heavy atom. The summed E-state index contributed by atoms with van der Waals surface area (Å²) in [6.45, 7) is 4.00. The summed E-state index contributed by atoms with van der Waals surface area (Å²) in [4.78, 5) is 19.9. The summed E-state index contributed by atoms with van der Waals surface area (Å²) < 4.78 is 0. The number of alkyl halides is 1. The van der Waals surface area contributed by atoms with Crippen molar-refractivity contribution in [1.29, 1.82) is 0 Å². The van der Waals surface area contributed by atoms with Gasteiger partial charge in [0.1, 0.15) is 18.0 Å². The molecule has 24 heavy (non-hydrogen) atoms. The van der Waals surface area contributed by atoms with Gasteiger partial charge in [0.25, 0.3) is 0 Å². The highest BCUT2D eigenvalue weighted by atomic mass is 35.5. The number of aromatic nitrogens is 2. The van der Waals surface area contributed by atoms with Crippen LogP contribution in [0.5, 0.6) is 0 Å². The molecule has 0 fully saturated rings. The predicted molar refractivity (Wildman–Crippen MR) is 100.0 cm³/mol. The van der Waals surface area contributed by atoms with Crippen molar-refractivity contribution < 1.29 is 4.79 Å². The number of fused-ring (bicyclic) bond motifs is 1. The fraction of sp³-hybridized carbons (Fsp3) is 0.167. The van der Waals surface area contributed by atoms with Crippen LogP contribution in [0.15, 0.2) is 54.9 Å². The van der Waals surface area contributed by atoms with Gasteiger partial charge in [0.2, 0.25) is 5.91 Å². The maximum atomic E-state index is 11.3. The van der Waals surface area contributed by atoms with Gasteiger partial charge in [-0.15, -0.1) is 11.6 Å². The van der Waals surface area contributed by atoms with Crippen molar-refractivity contribution in [2.75, 3.05) is 16.5 Å². The number of benzene rings is 2. The maximum absolute atomic E-state index is 11.3. The molecule has 5 nitrogen and oxygen atoms in total. The van der Waals surface area contributed by atoms with Gasteiger partial charge >= 0.3 is 0 Å². The molecule has 0 radical (unpaired) electrons. The molecule has 0 saturated carbocycles. The van der Waals surface area contributed by atoms with Gasteiger partial charge < -0.3 is 10.6 Å². The largest absolute Gasteiger partial charge is 0.340 e. The van der Waals surface area contributed by atoms with Crippen molar-refractivity contribution in [3.63, 3.8) is 0 Å². The second kappa shape index (κ2) is 8.84. The lowest BCUT2D eigenvalue weighted by Gasteiger charge is -2.09. The Kier molecular flexibility index (Phi) is 6.51. The summed E-state index contributed by atoms with van der Waals surface area (Å²) >= 11 is 5.49. The van der Waals surface area contributed by atoms with Gasteiger partial charge in [-0.25, -0.2) is 9.97 Å². The number of amides is 1. The van der Waals surface area contributed by atoms with Crippen LogP contribution in [0.2, 0.25) is 0 Å². The van der Waals surface area contributed by atoms with Crippen LogP contribution < -0.4 is 10.6 Å². The van der Waals surface area contributed by atoms with Gasteiger partial charge in [0.05, 0.1) is 5.52 Å². The second-order valence-corrected chi connectivity index (χ2v) is 4.89. The Morgan fingerprint density at radius 3 is 2.50 bits per heavy atom. The lowest BCUT2D eigenvalue weighted by molar-refractivity contribution is -0.113. The topological polar surface area (TPSA) is 66.9 Å². The zero-order valence-electron chi connectivity index (χ0n) is 13.6. The Balaban J connectivity index is 0.00000100. The van der Waals surface area contributed by atoms with E-state index < -0.39 is 0 Å². The van der Waals surface area contributed by atoms with Gasteiger partial charge in [-0.1, -0.05) is 32.0 Å². The first-order valence-electron chi connectivity index (χ1n) is 7.69. The molecule has 124 valence electrons. The van der Waals surface area contributed by atoms with E-state index in [1.54, 1.807) is 12.1 Å². The lowest BCUT2D eigenvalue weighted by atomic mass is 10.2. The SMILES string of the molecule is CC.O=C(CCl)Nc1ccc2c(Nc3ccccc3)ncnc2c1. The van der Waals surface area contributed by atoms with E-state index in [0.29, 0.717) is 11.5 Å². The van der Waals surface area contributed by atoms with E-state index in [1.165, 1.54) is 6.33 Å². The number of carbonyl (C=O) groups is 1. The summed E-state index contributed by atoms with van der Waals surface area (Å²) in [5.74, 6) is 0.381. The minimum absolute atomic E-state index is 0.0807. The number of anilines is 3. The average molecular weight is 343 g/mol. The van der Waals surface area contributed by atoms with E-state index in [-0.39, 0.29) is 11.8 Å². The van der Waals surface area contributed by atoms with Crippen LogP contribution in [0.1, 0.15) is 13.8 Å². The van der Waals surface area contributed by atoms with Gasteiger partial charge in [-0.05, 0) is 30.3 Å². The summed E-state index contributed by atoms with van der Waals surface area (Å²) in [5.41, 5.74) is 2.34. The molecule has 6 heteroatoms. The molecule has 1 aromatic heterocycles. The Labute approximate surface area is 146 Å². The summed E-state index contributed by atoms with van der Waals surface area (Å²) in [5, 5.41) is 6.83. The fourth-order valence-corrected chi connectivity index (χ4v) is 2.15. The first kappa shape index (κ1) is 17.7. The van der Waals surface area contributed by atoms with Crippen molar-refractivity contribution in [3.05, 3.63) is 54.9 Å². The number of hydrogen-bond acceptors (Lipinski definition) is 4. The molecule has 0 atom stereocenters. The van der Waals surface area contributed by atoms with Gasteiger partial charge in [0.15, 0.2) is 0 Å². The van der Waals surface area contributed by atoms with Crippen LogP contribution in [0.4, 0.5) is 17.2 Å². The minimum Gasteiger partial charge on any atom is -0.340 e. The molecular formula is C18H19ClN4O. The number of carbonyl (C=O) groups excluding carboxylic acids is 1. The first-order chi connectivity index (χ1) is 11.8. The third-order valence-electron chi connectivity index (χ3n) is 3.08. The number of halogens is 1. The molecule has 3 rings (SSSR count). The number of rotatable bonds is 4. The fourth-order valence-electron chi connectivity index (χ4n) is 2.09. The molecule has 0 unspecified atom stereocenters. The maximum Gasteiger partial charge on any atom is 0.239 e. The zero-order valence-corrected chi connectivity index (χ0v) is 14.3. The predicted octanol–water partition coefficient (Wildman–Crippen LogP) is 4.58. The van der Waals surface area contributed by atoms with Gasteiger partial charge in [-0.2, -0.15) is 0 Å². The van der Waals surface area contributed by atoms with Crippen LogP contribution in [0.25, 0.3) is 10.9 Å². The van der Waals surface area contributed by atoms with Crippen molar-refractivity contribution >= 4 is 45.6 Å². The molecule has 0 aliphatic rings. The van der Waals surface area contributed by atoms with E-state index in [0.717, 1.165) is 16.6 Å². The Bertz CT molecular complexity index is 808. The number of nitrogens with zero attached hydrogens (tertiary/aromatic N) is 2. The van der Waals surface area contributed by atoms with E-state index in [4.69, 9.17) is 11.6 Å². The van der Waals surface area contributed by atoms with E-state index in [9.17, 15) is 4.79 Å². The lowest BCUT2D eigenvalue weighted by Crippen LogP contribution is -2.12. The zero-order chi connectivity index (χ0) is 17.4. The van der Waals surface area contributed by atoms with Crippen molar-refractivity contribution in [2.24, 2.45) is 0 Å². The molecule has 0 aliphatic carbocycles. The average Bonchev–Trinajstić information content (AvgIpc) is 2.64. The summed E-state index contributed by atoms with van der Waals surface area (Å²) in [6.07, 6.45) is 1.49. The molecule has 0 spiro atoms. The van der Waals surface area contributed by atoms with Gasteiger partial charge in [0, 0.05) is 16.8 Å². The van der Waals surface area contributed by atoms with Gasteiger partial charge in [-0.3, -0.25) is 4.79 Å². The molecule has 1 heterocycles. The van der Waals surface area contributed by atoms with Crippen LogP contribution >= 0.6 is 11.6 Å². The van der Waals surface area contributed by atoms with E-state index in [1.807, 2.05) is 50.2 Å². The second-order valence-electron chi connectivity index (χ2n) is 4.63. The minimum atomic E-state index is -0.252. The molecule has 0 bridgehead atoms. The summed E-state index contributed by atoms with van der Waals surface area (Å²) in [7, 11) is 0. The van der Waals surface area contributed by atoms with E-state index >= 15 is 0 Å². The Morgan fingerprint density at radius 1 is 1.04 bits per heavy atom. The highest BCUT2D eigenvalue weighted by Gasteiger charge is 2.06. The number of hydrogen-bond donors (Lipinski definition) is 2. The quantitative estimate of drug-likeness (QED) is 0.681. The van der Waals surface area contributed by atoms with E-state index in [2.05, 4.69) is 20.6 Å². The molecular weight excluding hydrogens is 324 g/mol. The third kappa shape index (κ3) is 4.43. The monoisotopic (exact) mass is 342 g/mol. The van der Waals surface area contributed by atoms with Crippen LogP contribution in [-0.2, 0) is 4.79 Å². The smallest absolute Gasteiger partial charge is 0.239 e. The van der Waals surface area contributed by atoms with Crippen molar-refractivity contribution in [3.8, 4) is 0 Å². The molecule has 2 aromatic carbocycles. The third-order valence-corrected chi connectivity index (χ3v) is 3.32. The molecule has 0 aliphatic heterocycles. The van der Waals surface area contributed by atoms with Crippen molar-refractivity contribution in [1.82, 2.24) is 9.97 Å². The van der Waals surface area contributed by atoms with Crippen LogP contribution in [-0.4, -0.2) is 21.8 Å².